The third kappa shape index (κ3) is 2.97. The molecule has 2 rings (SSSR count). The third-order valence-electron chi connectivity index (χ3n) is 3.95. The van der Waals surface area contributed by atoms with Crippen molar-refractivity contribution < 1.29 is 20.1 Å². The molecular weight excluding hydrogens is 222 g/mol. The maximum atomic E-state index is 11.1. The predicted octanol–water partition coefficient (Wildman–Crippen LogP) is 0.201. The first-order valence-electron chi connectivity index (χ1n) is 6.37. The zero-order valence-electron chi connectivity index (χ0n) is 10.0. The molecule has 3 N–H and O–H groups in total. The molecule has 0 aromatic rings. The summed E-state index contributed by atoms with van der Waals surface area (Å²) >= 11 is 0. The fraction of sp³-hybridized carbons (Fsp3) is 0.917. The lowest BCUT2D eigenvalue weighted by Crippen LogP contribution is -2.48. The number of hydrogen-bond donors (Lipinski definition) is 3. The second-order valence-corrected chi connectivity index (χ2v) is 5.46. The van der Waals surface area contributed by atoms with Crippen LogP contribution in [-0.2, 0) is 4.79 Å². The van der Waals surface area contributed by atoms with E-state index in [0.29, 0.717) is 13.1 Å². The minimum absolute atomic E-state index is 0.269. The number of aliphatic carboxylic acids is 1. The molecule has 0 bridgehead atoms. The Bertz CT molecular complexity index is 288. The minimum Gasteiger partial charge on any atom is -0.480 e. The summed E-state index contributed by atoms with van der Waals surface area (Å²) in [6, 6.07) is -0.643. The van der Waals surface area contributed by atoms with E-state index in [2.05, 4.69) is 0 Å². The number of hydrogen-bond acceptors (Lipinski definition) is 4. The number of nitrogens with zero attached hydrogens (tertiary/aromatic N) is 1. The number of carboxylic acids is 1. The summed E-state index contributed by atoms with van der Waals surface area (Å²) in [7, 11) is 0. The van der Waals surface area contributed by atoms with E-state index in [0.717, 1.165) is 32.1 Å². The van der Waals surface area contributed by atoms with Gasteiger partial charge in [-0.3, -0.25) is 9.69 Å². The van der Waals surface area contributed by atoms with Crippen LogP contribution in [-0.4, -0.2) is 57.0 Å². The van der Waals surface area contributed by atoms with Gasteiger partial charge in [0.05, 0.1) is 11.7 Å². The van der Waals surface area contributed by atoms with Crippen molar-refractivity contribution in [2.45, 2.75) is 56.3 Å². The topological polar surface area (TPSA) is 81.0 Å². The first-order chi connectivity index (χ1) is 8.00. The van der Waals surface area contributed by atoms with E-state index in [1.807, 2.05) is 0 Å². The van der Waals surface area contributed by atoms with Crippen molar-refractivity contribution in [3.8, 4) is 0 Å². The molecule has 0 spiro atoms. The first kappa shape index (κ1) is 12.8. The van der Waals surface area contributed by atoms with Gasteiger partial charge in [-0.25, -0.2) is 0 Å². The Labute approximate surface area is 101 Å². The van der Waals surface area contributed by atoms with Crippen LogP contribution < -0.4 is 0 Å². The molecule has 0 amide bonds. The van der Waals surface area contributed by atoms with Gasteiger partial charge in [-0.05, 0) is 12.8 Å². The van der Waals surface area contributed by atoms with E-state index in [9.17, 15) is 15.0 Å². The van der Waals surface area contributed by atoms with Crippen LogP contribution >= 0.6 is 0 Å². The summed E-state index contributed by atoms with van der Waals surface area (Å²) in [6.45, 7) is 0.736. The van der Waals surface area contributed by atoms with Crippen molar-refractivity contribution in [3.05, 3.63) is 0 Å². The van der Waals surface area contributed by atoms with Gasteiger partial charge < -0.3 is 15.3 Å². The van der Waals surface area contributed by atoms with Crippen molar-refractivity contribution >= 4 is 5.97 Å². The fourth-order valence-electron chi connectivity index (χ4n) is 3.06. The highest BCUT2D eigenvalue weighted by molar-refractivity contribution is 5.74. The standard InChI is InChI=1S/C12H21NO4/c14-9-6-10(11(15)16)13(7-9)8-12(17)4-2-1-3-5-12/h9-10,14,17H,1-8H2,(H,15,16). The molecule has 2 unspecified atom stereocenters. The van der Waals surface area contributed by atoms with Gasteiger partial charge in [0.15, 0.2) is 0 Å². The van der Waals surface area contributed by atoms with Crippen molar-refractivity contribution in [1.29, 1.82) is 0 Å². The lowest BCUT2D eigenvalue weighted by atomic mass is 9.84. The van der Waals surface area contributed by atoms with Crippen LogP contribution in [0.1, 0.15) is 38.5 Å². The van der Waals surface area contributed by atoms with Crippen LogP contribution in [0.5, 0.6) is 0 Å². The second kappa shape index (κ2) is 4.92. The van der Waals surface area contributed by atoms with E-state index < -0.39 is 23.7 Å². The number of β-amino-alcohol motifs (C(OH)–C–C–N with tert-alkyl or cyclic N) is 2. The van der Waals surface area contributed by atoms with Gasteiger partial charge >= 0.3 is 5.97 Å². The highest BCUT2D eigenvalue weighted by atomic mass is 16.4. The quantitative estimate of drug-likeness (QED) is 0.660. The van der Waals surface area contributed by atoms with E-state index in [-0.39, 0.29) is 6.42 Å². The van der Waals surface area contributed by atoms with E-state index in [1.54, 1.807) is 4.90 Å². The van der Waals surface area contributed by atoms with E-state index >= 15 is 0 Å². The van der Waals surface area contributed by atoms with Crippen LogP contribution in [0, 0.1) is 0 Å². The number of aliphatic hydroxyl groups is 2. The zero-order valence-corrected chi connectivity index (χ0v) is 10.0. The number of carboxylic acid groups (broad SMARTS) is 1. The maximum Gasteiger partial charge on any atom is 0.321 e. The second-order valence-electron chi connectivity index (χ2n) is 5.46. The molecule has 1 aliphatic heterocycles. The molecule has 0 radical (unpaired) electrons. The highest BCUT2D eigenvalue weighted by Crippen LogP contribution is 2.31. The molecule has 2 aliphatic rings. The number of aliphatic hydroxyl groups excluding tert-OH is 1. The van der Waals surface area contributed by atoms with Gasteiger partial charge in [0.25, 0.3) is 0 Å². The molecule has 1 saturated carbocycles. The molecule has 5 heteroatoms. The largest absolute Gasteiger partial charge is 0.480 e. The SMILES string of the molecule is O=C(O)C1CC(O)CN1CC1(O)CCCCC1. The molecule has 1 aliphatic carbocycles. The zero-order chi connectivity index (χ0) is 12.5. The smallest absolute Gasteiger partial charge is 0.321 e. The third-order valence-corrected chi connectivity index (χ3v) is 3.95. The van der Waals surface area contributed by atoms with Gasteiger partial charge in [0, 0.05) is 19.5 Å². The Morgan fingerprint density at radius 2 is 1.94 bits per heavy atom. The number of rotatable bonds is 3. The predicted molar refractivity (Wildman–Crippen MR) is 61.7 cm³/mol. The molecule has 1 saturated heterocycles. The summed E-state index contributed by atoms with van der Waals surface area (Å²) in [5.74, 6) is -0.902. The number of likely N-dealkylation sites (tertiary alicyclic amines) is 1. The van der Waals surface area contributed by atoms with Crippen LogP contribution in [0.4, 0.5) is 0 Å². The summed E-state index contributed by atoms with van der Waals surface area (Å²) in [6.07, 6.45) is 4.33. The van der Waals surface area contributed by atoms with Crippen LogP contribution in [0.3, 0.4) is 0 Å². The molecule has 2 atom stereocenters. The lowest BCUT2D eigenvalue weighted by Gasteiger charge is -2.36. The summed E-state index contributed by atoms with van der Waals surface area (Å²) in [4.78, 5) is 12.8. The average Bonchev–Trinajstić information content (AvgIpc) is 2.59. The Morgan fingerprint density at radius 3 is 2.53 bits per heavy atom. The lowest BCUT2D eigenvalue weighted by molar-refractivity contribution is -0.143. The number of carbonyl (C=O) groups is 1. The van der Waals surface area contributed by atoms with Gasteiger partial charge in [-0.15, -0.1) is 0 Å². The normalized spacial score (nSPS) is 33.8. The summed E-state index contributed by atoms with van der Waals surface area (Å²) in [5, 5.41) is 29.0. The first-order valence-corrected chi connectivity index (χ1v) is 6.37. The Kier molecular flexibility index (Phi) is 3.70. The van der Waals surface area contributed by atoms with Crippen LogP contribution in [0.2, 0.25) is 0 Å². The van der Waals surface area contributed by atoms with Crippen molar-refractivity contribution in [1.82, 2.24) is 4.90 Å². The van der Waals surface area contributed by atoms with E-state index in [4.69, 9.17) is 5.11 Å². The van der Waals surface area contributed by atoms with Gasteiger partial charge in [-0.1, -0.05) is 19.3 Å². The molecule has 2 fully saturated rings. The molecular formula is C12H21NO4. The van der Waals surface area contributed by atoms with Crippen LogP contribution in [0.25, 0.3) is 0 Å². The fourth-order valence-corrected chi connectivity index (χ4v) is 3.06. The highest BCUT2D eigenvalue weighted by Gasteiger charge is 2.41. The van der Waals surface area contributed by atoms with Gasteiger partial charge in [-0.2, -0.15) is 0 Å². The monoisotopic (exact) mass is 243 g/mol. The van der Waals surface area contributed by atoms with Crippen LogP contribution in [0.15, 0.2) is 0 Å². The Morgan fingerprint density at radius 1 is 1.29 bits per heavy atom. The van der Waals surface area contributed by atoms with E-state index in [1.165, 1.54) is 0 Å². The minimum atomic E-state index is -0.902. The van der Waals surface area contributed by atoms with Crippen molar-refractivity contribution in [2.24, 2.45) is 0 Å². The molecule has 0 aromatic heterocycles. The van der Waals surface area contributed by atoms with Crippen molar-refractivity contribution in [2.75, 3.05) is 13.1 Å². The molecule has 17 heavy (non-hydrogen) atoms. The Balaban J connectivity index is 1.99. The summed E-state index contributed by atoms with van der Waals surface area (Å²) in [5.41, 5.74) is -0.754. The van der Waals surface area contributed by atoms with Gasteiger partial charge in [0.1, 0.15) is 6.04 Å². The van der Waals surface area contributed by atoms with Crippen molar-refractivity contribution in [3.63, 3.8) is 0 Å². The average molecular weight is 243 g/mol. The van der Waals surface area contributed by atoms with Gasteiger partial charge in [0.2, 0.25) is 0 Å². The Hall–Kier alpha value is -0.650. The summed E-state index contributed by atoms with van der Waals surface area (Å²) < 4.78 is 0. The maximum absolute atomic E-state index is 11.1. The molecule has 1 heterocycles. The molecule has 98 valence electrons. The molecule has 0 aromatic carbocycles. The molecule has 5 nitrogen and oxygen atoms in total.